The number of hydrogen-bond acceptors (Lipinski definition) is 6. The summed E-state index contributed by atoms with van der Waals surface area (Å²) in [7, 11) is -0.0391. The van der Waals surface area contributed by atoms with Crippen molar-refractivity contribution in [2.75, 3.05) is 51.4 Å². The summed E-state index contributed by atoms with van der Waals surface area (Å²) in [4.78, 5) is 17.3. The van der Waals surface area contributed by atoms with E-state index in [-0.39, 0.29) is 24.0 Å². The molecule has 0 unspecified atom stereocenters. The maximum absolute atomic E-state index is 13.2. The number of ether oxygens (including phenoxy) is 2. The molecular weight excluding hydrogens is 418 g/mol. The molecule has 1 fully saturated rings. The van der Waals surface area contributed by atoms with Crippen molar-refractivity contribution in [1.82, 2.24) is 9.80 Å². The molecule has 1 aromatic carbocycles. The molecule has 1 aliphatic carbocycles. The summed E-state index contributed by atoms with van der Waals surface area (Å²) in [5, 5.41) is 0. The van der Waals surface area contributed by atoms with Crippen molar-refractivity contribution in [3.8, 4) is 5.75 Å². The molecule has 3 rings (SSSR count). The number of carbonyl (C=O) groups excluding carboxylic acids is 1. The first-order chi connectivity index (χ1) is 14.6. The molecule has 31 heavy (non-hydrogen) atoms. The van der Waals surface area contributed by atoms with Crippen LogP contribution < -0.4 is 9.46 Å². The number of sulfonamides is 1. The second-order valence-corrected chi connectivity index (χ2v) is 10.8. The average Bonchev–Trinajstić information content (AvgIpc) is 3.51. The zero-order valence-corrected chi connectivity index (χ0v) is 19.9. The summed E-state index contributed by atoms with van der Waals surface area (Å²) in [6.45, 7) is 7.12. The summed E-state index contributed by atoms with van der Waals surface area (Å²) < 4.78 is 37.6. The first kappa shape index (κ1) is 23.8. The largest absolute Gasteiger partial charge is 0.491 e. The van der Waals surface area contributed by atoms with Crippen LogP contribution in [0.4, 0.5) is 5.69 Å². The molecule has 1 heterocycles. The van der Waals surface area contributed by atoms with Gasteiger partial charge in [0.05, 0.1) is 17.9 Å². The summed E-state index contributed by atoms with van der Waals surface area (Å²) in [5.74, 6) is 1.21. The first-order valence-corrected chi connectivity index (χ1v) is 12.7. The minimum Gasteiger partial charge on any atom is -0.491 e. The minimum atomic E-state index is -3.46. The van der Waals surface area contributed by atoms with Gasteiger partial charge in [-0.1, -0.05) is 6.92 Å². The van der Waals surface area contributed by atoms with Crippen LogP contribution in [0.15, 0.2) is 18.2 Å². The van der Waals surface area contributed by atoms with E-state index in [2.05, 4.69) is 23.5 Å². The molecule has 0 aromatic heterocycles. The lowest BCUT2D eigenvalue weighted by Gasteiger charge is -2.36. The van der Waals surface area contributed by atoms with Gasteiger partial charge in [0, 0.05) is 45.5 Å². The number of carbonyl (C=O) groups is 1. The molecule has 1 N–H and O–H groups in total. The summed E-state index contributed by atoms with van der Waals surface area (Å²) >= 11 is 0. The number of nitrogens with one attached hydrogen (secondary N) is 1. The number of anilines is 1. The van der Waals surface area contributed by atoms with Crippen molar-refractivity contribution in [1.29, 1.82) is 0 Å². The second kappa shape index (κ2) is 9.75. The molecular formula is C22H35N3O5S. The van der Waals surface area contributed by atoms with Gasteiger partial charge in [-0.05, 0) is 49.8 Å². The zero-order chi connectivity index (χ0) is 22.8. The van der Waals surface area contributed by atoms with Crippen molar-refractivity contribution in [3.05, 3.63) is 23.8 Å². The topological polar surface area (TPSA) is 88.2 Å². The van der Waals surface area contributed by atoms with Crippen LogP contribution in [-0.4, -0.2) is 82.9 Å². The number of methoxy groups -OCH3 is 1. The number of fused-ring (bicyclic) bond motifs is 1. The van der Waals surface area contributed by atoms with E-state index in [9.17, 15) is 13.2 Å². The van der Waals surface area contributed by atoms with E-state index in [0.29, 0.717) is 30.2 Å². The van der Waals surface area contributed by atoms with Crippen molar-refractivity contribution in [3.63, 3.8) is 0 Å². The van der Waals surface area contributed by atoms with Crippen LogP contribution in [0.5, 0.6) is 5.75 Å². The molecule has 1 aromatic rings. The van der Waals surface area contributed by atoms with E-state index in [0.717, 1.165) is 25.3 Å². The number of amides is 1. The first-order valence-electron chi connectivity index (χ1n) is 10.8. The van der Waals surface area contributed by atoms with Crippen LogP contribution in [0.2, 0.25) is 0 Å². The Bertz CT molecular complexity index is 887. The van der Waals surface area contributed by atoms with E-state index in [1.165, 1.54) is 12.8 Å². The molecule has 0 saturated heterocycles. The summed E-state index contributed by atoms with van der Waals surface area (Å²) in [6, 6.07) is 4.99. The van der Waals surface area contributed by atoms with Gasteiger partial charge in [-0.15, -0.1) is 0 Å². The molecule has 0 spiro atoms. The van der Waals surface area contributed by atoms with Crippen LogP contribution in [0.1, 0.15) is 37.0 Å². The van der Waals surface area contributed by atoms with E-state index in [1.807, 2.05) is 0 Å². The smallest absolute Gasteiger partial charge is 0.257 e. The molecule has 3 atom stereocenters. The van der Waals surface area contributed by atoms with Gasteiger partial charge in [-0.3, -0.25) is 14.4 Å². The monoisotopic (exact) mass is 453 g/mol. The molecule has 1 amide bonds. The summed E-state index contributed by atoms with van der Waals surface area (Å²) in [5.41, 5.74) is 0.666. The number of likely N-dealkylation sites (N-methyl/N-ethyl adjacent to an activating group) is 1. The lowest BCUT2D eigenvalue weighted by molar-refractivity contribution is 0.00994. The Balaban J connectivity index is 1.93. The lowest BCUT2D eigenvalue weighted by Crippen LogP contribution is -2.47. The Hall–Kier alpha value is -1.84. The van der Waals surface area contributed by atoms with Crippen LogP contribution >= 0.6 is 0 Å². The fourth-order valence-electron chi connectivity index (χ4n) is 4.02. The molecule has 0 radical (unpaired) electrons. The quantitative estimate of drug-likeness (QED) is 0.736. The highest BCUT2D eigenvalue weighted by molar-refractivity contribution is 7.92. The SMILES string of the molecule is CO[C@@H]1CN(C)C(=O)c2cc(NS(C)(=O)=O)ccc2OC[C@@H](C)N(CC2CC2)C[C@H]1C. The minimum absolute atomic E-state index is 0.107. The van der Waals surface area contributed by atoms with Crippen LogP contribution in [0, 0.1) is 11.8 Å². The van der Waals surface area contributed by atoms with Crippen LogP contribution in [-0.2, 0) is 14.8 Å². The van der Waals surface area contributed by atoms with Gasteiger partial charge in [-0.2, -0.15) is 0 Å². The van der Waals surface area contributed by atoms with Gasteiger partial charge < -0.3 is 14.4 Å². The Morgan fingerprint density at radius 3 is 2.55 bits per heavy atom. The molecule has 9 heteroatoms. The van der Waals surface area contributed by atoms with Crippen LogP contribution in [0.25, 0.3) is 0 Å². The average molecular weight is 454 g/mol. The Morgan fingerprint density at radius 1 is 1.23 bits per heavy atom. The number of nitrogens with zero attached hydrogens (tertiary/aromatic N) is 2. The fourth-order valence-corrected chi connectivity index (χ4v) is 4.57. The maximum Gasteiger partial charge on any atom is 0.257 e. The highest BCUT2D eigenvalue weighted by atomic mass is 32.2. The van der Waals surface area contributed by atoms with Gasteiger partial charge in [0.2, 0.25) is 10.0 Å². The number of benzene rings is 1. The standard InChI is InChI=1S/C22H35N3O5S/c1-15-11-25(12-17-6-7-17)16(2)14-30-20-9-8-18(23-31(5,27)28)10-19(20)22(26)24(3)13-21(15)29-4/h8-10,15-17,21,23H,6-7,11-14H2,1-5H3/t15-,16-,21-/m1/s1. The van der Waals surface area contributed by atoms with E-state index in [1.54, 1.807) is 37.3 Å². The second-order valence-electron chi connectivity index (χ2n) is 9.08. The predicted molar refractivity (Wildman–Crippen MR) is 121 cm³/mol. The van der Waals surface area contributed by atoms with Crippen LogP contribution in [0.3, 0.4) is 0 Å². The maximum atomic E-state index is 13.2. The molecule has 8 nitrogen and oxygen atoms in total. The Morgan fingerprint density at radius 2 is 1.94 bits per heavy atom. The lowest BCUT2D eigenvalue weighted by atomic mass is 10.0. The van der Waals surface area contributed by atoms with Gasteiger partial charge >= 0.3 is 0 Å². The van der Waals surface area contributed by atoms with E-state index < -0.39 is 10.0 Å². The molecule has 174 valence electrons. The third kappa shape index (κ3) is 6.57. The van der Waals surface area contributed by atoms with Crippen molar-refractivity contribution >= 4 is 21.6 Å². The van der Waals surface area contributed by atoms with Gasteiger partial charge in [0.25, 0.3) is 5.91 Å². The van der Waals surface area contributed by atoms with E-state index >= 15 is 0 Å². The van der Waals surface area contributed by atoms with Gasteiger partial charge in [0.15, 0.2) is 0 Å². The number of rotatable bonds is 5. The molecule has 0 bridgehead atoms. The van der Waals surface area contributed by atoms with Crippen molar-refractivity contribution < 1.29 is 22.7 Å². The van der Waals surface area contributed by atoms with Gasteiger partial charge in [0.1, 0.15) is 12.4 Å². The normalized spacial score (nSPS) is 26.4. The third-order valence-corrected chi connectivity index (χ3v) is 6.67. The van der Waals surface area contributed by atoms with E-state index in [4.69, 9.17) is 9.47 Å². The fraction of sp³-hybridized carbons (Fsp3) is 0.682. The Kier molecular flexibility index (Phi) is 7.49. The highest BCUT2D eigenvalue weighted by Crippen LogP contribution is 2.32. The van der Waals surface area contributed by atoms with Gasteiger partial charge in [-0.25, -0.2) is 8.42 Å². The van der Waals surface area contributed by atoms with Crippen molar-refractivity contribution in [2.24, 2.45) is 11.8 Å². The Labute approximate surface area is 185 Å². The molecule has 2 aliphatic rings. The zero-order valence-electron chi connectivity index (χ0n) is 19.1. The third-order valence-electron chi connectivity index (χ3n) is 6.07. The summed E-state index contributed by atoms with van der Waals surface area (Å²) in [6.07, 6.45) is 3.53. The molecule has 1 aliphatic heterocycles. The predicted octanol–water partition coefficient (Wildman–Crippen LogP) is 2.27. The number of hydrogen-bond donors (Lipinski definition) is 1. The highest BCUT2D eigenvalue weighted by Gasteiger charge is 2.31. The van der Waals surface area contributed by atoms with Crippen molar-refractivity contribution in [2.45, 2.75) is 38.8 Å². The molecule has 1 saturated carbocycles.